The van der Waals surface area contributed by atoms with Crippen LogP contribution >= 0.6 is 11.8 Å². The summed E-state index contributed by atoms with van der Waals surface area (Å²) < 4.78 is 0. The Bertz CT molecular complexity index is 289. The maximum atomic E-state index is 5.57. The number of hydrogen-bond acceptors (Lipinski definition) is 3. The van der Waals surface area contributed by atoms with Gasteiger partial charge in [0.1, 0.15) is 5.82 Å². The highest BCUT2D eigenvalue weighted by atomic mass is 32.2. The maximum Gasteiger partial charge on any atom is 0.110 e. The van der Waals surface area contributed by atoms with Crippen molar-refractivity contribution in [3.05, 3.63) is 17.2 Å². The summed E-state index contributed by atoms with van der Waals surface area (Å²) in [7, 11) is 0. The van der Waals surface area contributed by atoms with Crippen molar-refractivity contribution in [3.63, 3.8) is 0 Å². The molecule has 0 bridgehead atoms. The molecule has 3 nitrogen and oxygen atoms in total. The number of hydrogen-bond donors (Lipinski definition) is 2. The molecule has 72 valence electrons. The van der Waals surface area contributed by atoms with Crippen LogP contribution in [-0.4, -0.2) is 21.5 Å². The largest absolute Gasteiger partial charge is 0.346 e. The SMILES string of the molecule is Cc1[nH]c(C2CCSC2)nc1CN. The monoisotopic (exact) mass is 197 g/mol. The standard InChI is InChI=1S/C9H15N3S/c1-6-8(4-10)12-9(11-6)7-2-3-13-5-7/h7H,2-5,10H2,1H3,(H,11,12). The van der Waals surface area contributed by atoms with Gasteiger partial charge in [0.25, 0.3) is 0 Å². The maximum absolute atomic E-state index is 5.57. The number of rotatable bonds is 2. The van der Waals surface area contributed by atoms with Crippen LogP contribution < -0.4 is 5.73 Å². The van der Waals surface area contributed by atoms with Gasteiger partial charge in [-0.2, -0.15) is 11.8 Å². The molecule has 2 rings (SSSR count). The molecule has 0 radical (unpaired) electrons. The van der Waals surface area contributed by atoms with Gasteiger partial charge in [-0.15, -0.1) is 0 Å². The molecule has 0 spiro atoms. The van der Waals surface area contributed by atoms with E-state index in [9.17, 15) is 0 Å². The van der Waals surface area contributed by atoms with E-state index in [1.807, 2.05) is 18.7 Å². The van der Waals surface area contributed by atoms with Gasteiger partial charge in [-0.1, -0.05) is 0 Å². The van der Waals surface area contributed by atoms with Gasteiger partial charge in [0.15, 0.2) is 0 Å². The lowest BCUT2D eigenvalue weighted by Crippen LogP contribution is -2.00. The van der Waals surface area contributed by atoms with Gasteiger partial charge in [-0.25, -0.2) is 4.98 Å². The molecule has 1 aliphatic heterocycles. The average Bonchev–Trinajstić information content (AvgIpc) is 2.71. The fraction of sp³-hybridized carbons (Fsp3) is 0.667. The van der Waals surface area contributed by atoms with Gasteiger partial charge in [0.2, 0.25) is 0 Å². The third-order valence-electron chi connectivity index (χ3n) is 2.51. The van der Waals surface area contributed by atoms with Gasteiger partial charge >= 0.3 is 0 Å². The second-order valence-electron chi connectivity index (χ2n) is 3.46. The molecule has 1 aliphatic rings. The Kier molecular flexibility index (Phi) is 2.60. The van der Waals surface area contributed by atoms with Gasteiger partial charge in [0, 0.05) is 23.9 Å². The summed E-state index contributed by atoms with van der Waals surface area (Å²) in [4.78, 5) is 7.85. The van der Waals surface area contributed by atoms with Crippen LogP contribution in [-0.2, 0) is 6.54 Å². The van der Waals surface area contributed by atoms with Crippen molar-refractivity contribution in [3.8, 4) is 0 Å². The van der Waals surface area contributed by atoms with Gasteiger partial charge in [-0.05, 0) is 19.1 Å². The van der Waals surface area contributed by atoms with Crippen LogP contribution in [0.25, 0.3) is 0 Å². The first-order chi connectivity index (χ1) is 6.31. The van der Waals surface area contributed by atoms with E-state index in [2.05, 4.69) is 9.97 Å². The topological polar surface area (TPSA) is 54.7 Å². The first-order valence-corrected chi connectivity index (χ1v) is 5.80. The first-order valence-electron chi connectivity index (χ1n) is 4.64. The summed E-state index contributed by atoms with van der Waals surface area (Å²) in [5.41, 5.74) is 7.73. The van der Waals surface area contributed by atoms with E-state index in [1.165, 1.54) is 17.9 Å². The molecule has 2 heterocycles. The third-order valence-corrected chi connectivity index (χ3v) is 3.68. The van der Waals surface area contributed by atoms with E-state index in [-0.39, 0.29) is 0 Å². The Morgan fingerprint density at radius 3 is 3.08 bits per heavy atom. The minimum atomic E-state index is 0.544. The van der Waals surface area contributed by atoms with Gasteiger partial charge in [-0.3, -0.25) is 0 Å². The second kappa shape index (κ2) is 3.72. The van der Waals surface area contributed by atoms with Gasteiger partial charge in [0.05, 0.1) is 5.69 Å². The molecule has 0 amide bonds. The number of aromatic nitrogens is 2. The number of nitrogens with two attached hydrogens (primary N) is 1. The Balaban J connectivity index is 2.20. The zero-order valence-electron chi connectivity index (χ0n) is 7.84. The smallest absolute Gasteiger partial charge is 0.110 e. The number of imidazole rings is 1. The summed E-state index contributed by atoms with van der Waals surface area (Å²) in [6, 6.07) is 0. The lowest BCUT2D eigenvalue weighted by Gasteiger charge is -2.01. The summed E-state index contributed by atoms with van der Waals surface area (Å²) in [6.45, 7) is 2.59. The highest BCUT2D eigenvalue weighted by Crippen LogP contribution is 2.30. The molecular formula is C9H15N3S. The molecule has 1 unspecified atom stereocenters. The molecule has 13 heavy (non-hydrogen) atoms. The highest BCUT2D eigenvalue weighted by molar-refractivity contribution is 7.99. The molecule has 0 aromatic carbocycles. The molecule has 0 aliphatic carbocycles. The van der Waals surface area contributed by atoms with Crippen LogP contribution in [0.3, 0.4) is 0 Å². The lowest BCUT2D eigenvalue weighted by atomic mass is 10.1. The van der Waals surface area contributed by atoms with Crippen LogP contribution in [0.5, 0.6) is 0 Å². The fourth-order valence-corrected chi connectivity index (χ4v) is 2.89. The van der Waals surface area contributed by atoms with Crippen molar-refractivity contribution >= 4 is 11.8 Å². The summed E-state index contributed by atoms with van der Waals surface area (Å²) >= 11 is 2.01. The minimum Gasteiger partial charge on any atom is -0.346 e. The van der Waals surface area contributed by atoms with E-state index in [0.29, 0.717) is 12.5 Å². The number of H-pyrrole nitrogens is 1. The highest BCUT2D eigenvalue weighted by Gasteiger charge is 2.21. The molecule has 1 atom stereocenters. The lowest BCUT2D eigenvalue weighted by molar-refractivity contribution is 0.726. The van der Waals surface area contributed by atoms with Crippen LogP contribution in [0.1, 0.15) is 29.6 Å². The predicted molar refractivity (Wildman–Crippen MR) is 55.9 cm³/mol. The van der Waals surface area contributed by atoms with Crippen LogP contribution in [0.4, 0.5) is 0 Å². The minimum absolute atomic E-state index is 0.544. The van der Waals surface area contributed by atoms with Crippen molar-refractivity contribution in [1.29, 1.82) is 0 Å². The second-order valence-corrected chi connectivity index (χ2v) is 4.61. The Morgan fingerprint density at radius 2 is 2.54 bits per heavy atom. The molecule has 4 heteroatoms. The molecule has 3 N–H and O–H groups in total. The summed E-state index contributed by atoms with van der Waals surface area (Å²) in [5.74, 6) is 4.24. The van der Waals surface area contributed by atoms with E-state index in [4.69, 9.17) is 5.73 Å². The van der Waals surface area contributed by atoms with Crippen molar-refractivity contribution in [1.82, 2.24) is 9.97 Å². The van der Waals surface area contributed by atoms with E-state index in [1.54, 1.807) is 0 Å². The van der Waals surface area contributed by atoms with E-state index in [0.717, 1.165) is 17.2 Å². The number of aryl methyl sites for hydroxylation is 1. The number of aromatic amines is 1. The zero-order chi connectivity index (χ0) is 9.26. The normalized spacial score (nSPS) is 22.5. The first kappa shape index (κ1) is 9.09. The average molecular weight is 197 g/mol. The Labute approximate surface area is 82.5 Å². The Hall–Kier alpha value is -0.480. The fourth-order valence-electron chi connectivity index (χ4n) is 1.66. The van der Waals surface area contributed by atoms with Crippen molar-refractivity contribution in [2.45, 2.75) is 25.8 Å². The van der Waals surface area contributed by atoms with Crippen molar-refractivity contribution < 1.29 is 0 Å². The van der Waals surface area contributed by atoms with Crippen molar-refractivity contribution in [2.24, 2.45) is 5.73 Å². The Morgan fingerprint density at radius 1 is 1.69 bits per heavy atom. The zero-order valence-corrected chi connectivity index (χ0v) is 8.66. The predicted octanol–water partition coefficient (Wildman–Crippen LogP) is 1.40. The molecule has 1 aromatic heterocycles. The molecule has 1 fully saturated rings. The molecule has 0 saturated carbocycles. The van der Waals surface area contributed by atoms with Crippen LogP contribution in [0.15, 0.2) is 0 Å². The third kappa shape index (κ3) is 1.74. The summed E-state index contributed by atoms with van der Waals surface area (Å²) in [6.07, 6.45) is 1.25. The molecule has 1 aromatic rings. The number of nitrogens with one attached hydrogen (secondary N) is 1. The van der Waals surface area contributed by atoms with E-state index >= 15 is 0 Å². The summed E-state index contributed by atoms with van der Waals surface area (Å²) in [5, 5.41) is 0. The molecular weight excluding hydrogens is 182 g/mol. The molecule has 1 saturated heterocycles. The van der Waals surface area contributed by atoms with Gasteiger partial charge < -0.3 is 10.7 Å². The van der Waals surface area contributed by atoms with Crippen LogP contribution in [0, 0.1) is 6.92 Å². The van der Waals surface area contributed by atoms with Crippen LogP contribution in [0.2, 0.25) is 0 Å². The quantitative estimate of drug-likeness (QED) is 0.753. The number of nitrogens with zero attached hydrogens (tertiary/aromatic N) is 1. The number of thioether (sulfide) groups is 1. The van der Waals surface area contributed by atoms with Crippen molar-refractivity contribution in [2.75, 3.05) is 11.5 Å². The van der Waals surface area contributed by atoms with E-state index < -0.39 is 0 Å².